The topological polar surface area (TPSA) is 51.2 Å². The molecule has 0 unspecified atom stereocenters. The van der Waals surface area contributed by atoms with Gasteiger partial charge in [0, 0.05) is 23.7 Å². The van der Waals surface area contributed by atoms with Crippen molar-refractivity contribution in [2.45, 2.75) is 46.1 Å². The summed E-state index contributed by atoms with van der Waals surface area (Å²) < 4.78 is 5.46. The van der Waals surface area contributed by atoms with Crippen molar-refractivity contribution in [3.63, 3.8) is 0 Å². The van der Waals surface area contributed by atoms with E-state index in [2.05, 4.69) is 17.2 Å². The molecule has 0 aromatic carbocycles. The third kappa shape index (κ3) is 3.25. The zero-order chi connectivity index (χ0) is 13.7. The average molecular weight is 262 g/mol. The standard InChI is InChI=1S/C15H22N2O2/c1-3-19-13-12(7-6-10-16-13)11-17-14(18)15(2)8-4-5-9-15/h6-7,10H,3-5,8-9,11H2,1-2H3,(H,17,18). The Kier molecular flexibility index (Phi) is 4.40. The van der Waals surface area contributed by atoms with Crippen LogP contribution in [0.2, 0.25) is 0 Å². The fraction of sp³-hybridized carbons (Fsp3) is 0.600. The molecule has 1 aromatic rings. The molecule has 1 amide bonds. The van der Waals surface area contributed by atoms with E-state index >= 15 is 0 Å². The van der Waals surface area contributed by atoms with Gasteiger partial charge < -0.3 is 10.1 Å². The zero-order valence-electron chi connectivity index (χ0n) is 11.7. The number of pyridine rings is 1. The first-order chi connectivity index (χ1) is 9.15. The van der Waals surface area contributed by atoms with Gasteiger partial charge in [-0.25, -0.2) is 4.98 Å². The molecule has 0 bridgehead atoms. The second-order valence-electron chi connectivity index (χ2n) is 5.35. The highest BCUT2D eigenvalue weighted by atomic mass is 16.5. The number of aromatic nitrogens is 1. The minimum absolute atomic E-state index is 0.149. The molecule has 104 valence electrons. The fourth-order valence-corrected chi connectivity index (χ4v) is 2.60. The maximum Gasteiger partial charge on any atom is 0.226 e. The molecular formula is C15H22N2O2. The van der Waals surface area contributed by atoms with Gasteiger partial charge in [-0.1, -0.05) is 25.8 Å². The molecule has 4 heteroatoms. The van der Waals surface area contributed by atoms with Crippen molar-refractivity contribution in [2.75, 3.05) is 6.61 Å². The van der Waals surface area contributed by atoms with Gasteiger partial charge in [0.25, 0.3) is 0 Å². The Labute approximate surface area is 114 Å². The molecule has 0 atom stereocenters. The zero-order valence-corrected chi connectivity index (χ0v) is 11.7. The Balaban J connectivity index is 1.97. The number of carbonyl (C=O) groups is 1. The van der Waals surface area contributed by atoms with Gasteiger partial charge in [-0.3, -0.25) is 4.79 Å². The molecule has 4 nitrogen and oxygen atoms in total. The summed E-state index contributed by atoms with van der Waals surface area (Å²) in [5.74, 6) is 0.762. The van der Waals surface area contributed by atoms with Gasteiger partial charge in [0.2, 0.25) is 11.8 Å². The van der Waals surface area contributed by atoms with Gasteiger partial charge in [-0.05, 0) is 25.8 Å². The quantitative estimate of drug-likeness (QED) is 0.887. The van der Waals surface area contributed by atoms with Crippen molar-refractivity contribution >= 4 is 5.91 Å². The summed E-state index contributed by atoms with van der Waals surface area (Å²) in [4.78, 5) is 16.4. The largest absolute Gasteiger partial charge is 0.478 e. The van der Waals surface area contributed by atoms with E-state index in [4.69, 9.17) is 4.74 Å². The Morgan fingerprint density at radius 3 is 2.89 bits per heavy atom. The van der Waals surface area contributed by atoms with Crippen molar-refractivity contribution in [1.82, 2.24) is 10.3 Å². The van der Waals surface area contributed by atoms with Crippen LogP contribution in [0.25, 0.3) is 0 Å². The highest BCUT2D eigenvalue weighted by Gasteiger charge is 2.35. The molecule has 1 aliphatic rings. The summed E-state index contributed by atoms with van der Waals surface area (Å²) in [6.07, 6.45) is 5.99. The second-order valence-corrected chi connectivity index (χ2v) is 5.35. The van der Waals surface area contributed by atoms with E-state index in [9.17, 15) is 4.79 Å². The number of hydrogen-bond acceptors (Lipinski definition) is 3. The molecule has 1 aromatic heterocycles. The third-order valence-corrected chi connectivity index (χ3v) is 3.83. The highest BCUT2D eigenvalue weighted by molar-refractivity contribution is 5.82. The van der Waals surface area contributed by atoms with E-state index in [1.54, 1.807) is 6.20 Å². The lowest BCUT2D eigenvalue weighted by atomic mass is 9.88. The number of nitrogens with one attached hydrogen (secondary N) is 1. The number of carbonyl (C=O) groups excluding carboxylic acids is 1. The van der Waals surface area contributed by atoms with E-state index < -0.39 is 0 Å². The molecule has 19 heavy (non-hydrogen) atoms. The van der Waals surface area contributed by atoms with E-state index in [1.807, 2.05) is 19.1 Å². The van der Waals surface area contributed by atoms with Crippen molar-refractivity contribution in [2.24, 2.45) is 5.41 Å². The van der Waals surface area contributed by atoms with Gasteiger partial charge in [-0.15, -0.1) is 0 Å². The van der Waals surface area contributed by atoms with Crippen molar-refractivity contribution in [3.8, 4) is 5.88 Å². The summed E-state index contributed by atoms with van der Waals surface area (Å²) >= 11 is 0. The lowest BCUT2D eigenvalue weighted by Crippen LogP contribution is -2.36. The van der Waals surface area contributed by atoms with Crippen molar-refractivity contribution < 1.29 is 9.53 Å². The molecule has 2 rings (SSSR count). The van der Waals surface area contributed by atoms with Crippen LogP contribution in [0.15, 0.2) is 18.3 Å². The first kappa shape index (κ1) is 13.8. The van der Waals surface area contributed by atoms with Crippen molar-refractivity contribution in [1.29, 1.82) is 0 Å². The number of hydrogen-bond donors (Lipinski definition) is 1. The SMILES string of the molecule is CCOc1ncccc1CNC(=O)C1(C)CCCC1. The van der Waals surface area contributed by atoms with Gasteiger partial charge in [0.05, 0.1) is 6.61 Å². The Morgan fingerprint density at radius 1 is 1.47 bits per heavy atom. The molecule has 0 aliphatic heterocycles. The van der Waals surface area contributed by atoms with E-state index in [0.717, 1.165) is 31.2 Å². The van der Waals surface area contributed by atoms with E-state index in [1.165, 1.54) is 0 Å². The van der Waals surface area contributed by atoms with E-state index in [0.29, 0.717) is 19.0 Å². The average Bonchev–Trinajstić information content (AvgIpc) is 2.86. The molecule has 0 spiro atoms. The highest BCUT2D eigenvalue weighted by Crippen LogP contribution is 2.37. The molecule has 0 saturated heterocycles. The fourth-order valence-electron chi connectivity index (χ4n) is 2.60. The van der Waals surface area contributed by atoms with Gasteiger partial charge >= 0.3 is 0 Å². The van der Waals surface area contributed by atoms with Crippen LogP contribution in [0.4, 0.5) is 0 Å². The Hall–Kier alpha value is -1.58. The molecule has 1 aliphatic carbocycles. The molecule has 0 radical (unpaired) electrons. The van der Waals surface area contributed by atoms with Crippen LogP contribution < -0.4 is 10.1 Å². The molecule has 1 saturated carbocycles. The lowest BCUT2D eigenvalue weighted by molar-refractivity contribution is -0.130. The van der Waals surface area contributed by atoms with Crippen LogP contribution in [0.1, 0.15) is 45.1 Å². The summed E-state index contributed by atoms with van der Waals surface area (Å²) in [5.41, 5.74) is 0.743. The normalized spacial score (nSPS) is 17.2. The minimum Gasteiger partial charge on any atom is -0.478 e. The number of rotatable bonds is 5. The summed E-state index contributed by atoms with van der Waals surface area (Å²) in [6.45, 7) is 5.05. The first-order valence-corrected chi connectivity index (χ1v) is 7.01. The lowest BCUT2D eigenvalue weighted by Gasteiger charge is -2.22. The van der Waals surface area contributed by atoms with Crippen LogP contribution >= 0.6 is 0 Å². The van der Waals surface area contributed by atoms with Crippen LogP contribution in [-0.2, 0) is 11.3 Å². The smallest absolute Gasteiger partial charge is 0.226 e. The molecule has 1 N–H and O–H groups in total. The van der Waals surface area contributed by atoms with Crippen LogP contribution in [0.3, 0.4) is 0 Å². The van der Waals surface area contributed by atoms with Gasteiger partial charge in [0.1, 0.15) is 0 Å². The molecular weight excluding hydrogens is 240 g/mol. The number of nitrogens with zero attached hydrogens (tertiary/aromatic N) is 1. The van der Waals surface area contributed by atoms with Crippen molar-refractivity contribution in [3.05, 3.63) is 23.9 Å². The predicted molar refractivity (Wildman–Crippen MR) is 73.8 cm³/mol. The van der Waals surface area contributed by atoms with Gasteiger partial charge in [-0.2, -0.15) is 0 Å². The first-order valence-electron chi connectivity index (χ1n) is 7.01. The monoisotopic (exact) mass is 262 g/mol. The third-order valence-electron chi connectivity index (χ3n) is 3.83. The maximum absolute atomic E-state index is 12.2. The Morgan fingerprint density at radius 2 is 2.21 bits per heavy atom. The van der Waals surface area contributed by atoms with E-state index in [-0.39, 0.29) is 11.3 Å². The van der Waals surface area contributed by atoms with Crippen LogP contribution in [0.5, 0.6) is 5.88 Å². The van der Waals surface area contributed by atoms with Gasteiger partial charge in [0.15, 0.2) is 0 Å². The maximum atomic E-state index is 12.2. The summed E-state index contributed by atoms with van der Waals surface area (Å²) in [6, 6.07) is 3.80. The number of amides is 1. The Bertz CT molecular complexity index is 440. The summed E-state index contributed by atoms with van der Waals surface area (Å²) in [7, 11) is 0. The molecule has 1 fully saturated rings. The minimum atomic E-state index is -0.187. The predicted octanol–water partition coefficient (Wildman–Crippen LogP) is 2.68. The van der Waals surface area contributed by atoms with Crippen LogP contribution in [0, 0.1) is 5.41 Å². The summed E-state index contributed by atoms with van der Waals surface area (Å²) in [5, 5.41) is 3.02. The number of ether oxygens (including phenoxy) is 1. The van der Waals surface area contributed by atoms with Crippen LogP contribution in [-0.4, -0.2) is 17.5 Å². The molecule has 1 heterocycles. The second kappa shape index (κ2) is 6.04.